The summed E-state index contributed by atoms with van der Waals surface area (Å²) in [5.41, 5.74) is 6.12. The number of nitrogens with one attached hydrogen (secondary N) is 1. The van der Waals surface area contributed by atoms with Crippen molar-refractivity contribution in [1.29, 1.82) is 0 Å². The zero-order valence-electron chi connectivity index (χ0n) is 22.9. The van der Waals surface area contributed by atoms with Crippen molar-refractivity contribution < 1.29 is 9.47 Å². The smallest absolute Gasteiger partial charge is 0.240 e. The molecule has 1 fully saturated rings. The van der Waals surface area contributed by atoms with Crippen LogP contribution < -0.4 is 9.47 Å². The van der Waals surface area contributed by atoms with Gasteiger partial charge in [0.25, 0.3) is 0 Å². The van der Waals surface area contributed by atoms with Gasteiger partial charge in [-0.25, -0.2) is 4.68 Å². The van der Waals surface area contributed by atoms with Crippen molar-refractivity contribution in [1.82, 2.24) is 34.7 Å². The maximum absolute atomic E-state index is 6.70. The Kier molecular flexibility index (Phi) is 6.47. The molecule has 38 heavy (non-hydrogen) atoms. The molecule has 2 atom stereocenters. The van der Waals surface area contributed by atoms with Gasteiger partial charge in [0.2, 0.25) is 11.8 Å². The van der Waals surface area contributed by atoms with E-state index in [1.54, 1.807) is 0 Å². The Hall–Kier alpha value is -3.59. The van der Waals surface area contributed by atoms with E-state index in [0.29, 0.717) is 11.9 Å². The van der Waals surface area contributed by atoms with E-state index in [9.17, 15) is 0 Å². The summed E-state index contributed by atoms with van der Waals surface area (Å²) in [6.07, 6.45) is 9.42. The molecule has 0 amide bonds. The van der Waals surface area contributed by atoms with Crippen molar-refractivity contribution in [2.45, 2.75) is 78.3 Å². The predicted molar refractivity (Wildman–Crippen MR) is 149 cm³/mol. The van der Waals surface area contributed by atoms with E-state index in [1.807, 2.05) is 37.8 Å². The molecular formula is C29H37N7O2. The topological polar surface area (TPSA) is 86.0 Å². The van der Waals surface area contributed by atoms with Crippen LogP contribution in [0, 0.1) is 0 Å². The first kappa shape index (κ1) is 24.7. The lowest BCUT2D eigenvalue weighted by atomic mass is 10.0. The predicted octanol–water partition coefficient (Wildman–Crippen LogP) is 5.27. The monoisotopic (exact) mass is 515 g/mol. The summed E-state index contributed by atoms with van der Waals surface area (Å²) in [7, 11) is 1.95. The molecule has 0 aliphatic carbocycles. The molecule has 2 bridgehead atoms. The van der Waals surface area contributed by atoms with Gasteiger partial charge in [0.05, 0.1) is 40.3 Å². The summed E-state index contributed by atoms with van der Waals surface area (Å²) in [4.78, 5) is 2.55. The number of aromatic nitrogens is 6. The normalized spacial score (nSPS) is 20.6. The van der Waals surface area contributed by atoms with Crippen molar-refractivity contribution in [3.05, 3.63) is 41.3 Å². The van der Waals surface area contributed by atoms with Crippen molar-refractivity contribution in [2.75, 3.05) is 6.54 Å². The Morgan fingerprint density at radius 2 is 2.11 bits per heavy atom. The SMILES string of the molecule is CCCn1nc(OC(C)C)c2c1CN1CCCC1[C@@H](C)Oc1c(cnn1C)-c1ccc3n[nH]c(c3c1)/C=C/2. The number of fused-ring (bicyclic) bond motifs is 5. The van der Waals surface area contributed by atoms with Gasteiger partial charge >= 0.3 is 0 Å². The van der Waals surface area contributed by atoms with Gasteiger partial charge in [-0.15, -0.1) is 5.10 Å². The summed E-state index contributed by atoms with van der Waals surface area (Å²) in [5.74, 6) is 1.48. The van der Waals surface area contributed by atoms with E-state index in [1.165, 1.54) is 5.69 Å². The van der Waals surface area contributed by atoms with E-state index in [4.69, 9.17) is 14.6 Å². The van der Waals surface area contributed by atoms with Gasteiger partial charge in [0.1, 0.15) is 6.10 Å². The van der Waals surface area contributed by atoms with E-state index in [0.717, 1.165) is 78.1 Å². The molecular weight excluding hydrogens is 478 g/mol. The highest BCUT2D eigenvalue weighted by atomic mass is 16.5. The number of benzene rings is 1. The average Bonchev–Trinajstić information content (AvgIpc) is 3.66. The van der Waals surface area contributed by atoms with E-state index >= 15 is 0 Å². The van der Waals surface area contributed by atoms with Crippen LogP contribution in [0.3, 0.4) is 0 Å². The molecule has 9 nitrogen and oxygen atoms in total. The molecule has 5 heterocycles. The Labute approximate surface area is 223 Å². The number of rotatable bonds is 4. The number of aromatic amines is 1. The van der Waals surface area contributed by atoms with Crippen molar-refractivity contribution >= 4 is 23.1 Å². The Morgan fingerprint density at radius 3 is 2.92 bits per heavy atom. The quantitative estimate of drug-likeness (QED) is 0.398. The first-order valence-electron chi connectivity index (χ1n) is 13.8. The number of nitrogens with zero attached hydrogens (tertiary/aromatic N) is 6. The number of H-pyrrole nitrogens is 1. The molecule has 1 unspecified atom stereocenters. The summed E-state index contributed by atoms with van der Waals surface area (Å²) in [6, 6.07) is 6.60. The molecule has 9 heteroatoms. The first-order chi connectivity index (χ1) is 18.4. The lowest BCUT2D eigenvalue weighted by molar-refractivity contribution is 0.0923. The fourth-order valence-electron chi connectivity index (χ4n) is 5.81. The third-order valence-electron chi connectivity index (χ3n) is 7.65. The van der Waals surface area contributed by atoms with Gasteiger partial charge in [0.15, 0.2) is 0 Å². The summed E-state index contributed by atoms with van der Waals surface area (Å²) < 4.78 is 16.9. The zero-order valence-corrected chi connectivity index (χ0v) is 22.9. The van der Waals surface area contributed by atoms with Crippen LogP contribution in [0.5, 0.6) is 11.8 Å². The highest BCUT2D eigenvalue weighted by Gasteiger charge is 2.33. The molecule has 1 N–H and O–H groups in total. The first-order valence-corrected chi connectivity index (χ1v) is 13.8. The van der Waals surface area contributed by atoms with E-state index in [-0.39, 0.29) is 12.2 Å². The summed E-state index contributed by atoms with van der Waals surface area (Å²) in [5, 5.41) is 18.3. The molecule has 1 aromatic carbocycles. The largest absolute Gasteiger partial charge is 0.473 e. The molecule has 3 aromatic heterocycles. The molecule has 0 saturated carbocycles. The fourth-order valence-corrected chi connectivity index (χ4v) is 5.81. The Bertz CT molecular complexity index is 1480. The molecule has 0 radical (unpaired) electrons. The van der Waals surface area contributed by atoms with Gasteiger partial charge < -0.3 is 9.47 Å². The maximum atomic E-state index is 6.70. The molecule has 2 aliphatic heterocycles. The lowest BCUT2D eigenvalue weighted by Gasteiger charge is -2.30. The third kappa shape index (κ3) is 4.38. The van der Waals surface area contributed by atoms with Crippen molar-refractivity contribution in [3.8, 4) is 22.9 Å². The highest BCUT2D eigenvalue weighted by Crippen LogP contribution is 2.36. The molecule has 0 spiro atoms. The van der Waals surface area contributed by atoms with Gasteiger partial charge in [-0.3, -0.25) is 14.7 Å². The summed E-state index contributed by atoms with van der Waals surface area (Å²) in [6.45, 7) is 11.1. The van der Waals surface area contributed by atoms with Crippen LogP contribution in [0.25, 0.3) is 34.2 Å². The third-order valence-corrected chi connectivity index (χ3v) is 7.65. The molecule has 2 aliphatic rings. The lowest BCUT2D eigenvalue weighted by Crippen LogP contribution is -2.40. The van der Waals surface area contributed by atoms with Gasteiger partial charge in [0, 0.05) is 31.6 Å². The standard InChI is InChI=1S/C29H37N7O2/c1-6-13-36-27-17-35-14-7-8-26(35)19(4)38-29-23(16-30-34(29)5)20-9-11-24-22(15-20)25(32-31-24)12-10-21(27)28(33-36)37-18(2)3/h9-12,15-16,18-19,26H,6-8,13-14,17H2,1-5H3,(H,31,32)/b12-10+/t19-,26?/m1/s1. The second-order valence-electron chi connectivity index (χ2n) is 10.7. The molecule has 6 rings (SSSR count). The second kappa shape index (κ2) is 9.94. The molecule has 200 valence electrons. The molecule has 1 saturated heterocycles. The minimum Gasteiger partial charge on any atom is -0.473 e. The van der Waals surface area contributed by atoms with Crippen LogP contribution in [-0.4, -0.2) is 59.5 Å². The van der Waals surface area contributed by atoms with Gasteiger partial charge in [-0.05, 0) is 76.4 Å². The van der Waals surface area contributed by atoms with Crippen LogP contribution >= 0.6 is 0 Å². The number of aryl methyl sites for hydroxylation is 2. The van der Waals surface area contributed by atoms with E-state index in [2.05, 4.69) is 63.0 Å². The van der Waals surface area contributed by atoms with Gasteiger partial charge in [-0.1, -0.05) is 13.0 Å². The van der Waals surface area contributed by atoms with Crippen LogP contribution in [0.1, 0.15) is 63.9 Å². The fraction of sp³-hybridized carbons (Fsp3) is 0.483. The highest BCUT2D eigenvalue weighted by molar-refractivity contribution is 5.93. The Morgan fingerprint density at radius 1 is 1.24 bits per heavy atom. The van der Waals surface area contributed by atoms with Crippen LogP contribution in [-0.2, 0) is 20.1 Å². The van der Waals surface area contributed by atoms with Crippen molar-refractivity contribution in [2.24, 2.45) is 7.05 Å². The zero-order chi connectivity index (χ0) is 26.4. The van der Waals surface area contributed by atoms with Crippen LogP contribution in [0.4, 0.5) is 0 Å². The van der Waals surface area contributed by atoms with Gasteiger partial charge in [-0.2, -0.15) is 10.2 Å². The molecule has 4 aromatic rings. The van der Waals surface area contributed by atoms with E-state index < -0.39 is 0 Å². The maximum Gasteiger partial charge on any atom is 0.240 e. The van der Waals surface area contributed by atoms with Crippen LogP contribution in [0.15, 0.2) is 24.4 Å². The number of hydrogen-bond acceptors (Lipinski definition) is 6. The number of ether oxygens (including phenoxy) is 2. The van der Waals surface area contributed by atoms with Crippen molar-refractivity contribution in [3.63, 3.8) is 0 Å². The Balaban J connectivity index is 1.55. The van der Waals surface area contributed by atoms with Crippen LogP contribution in [0.2, 0.25) is 0 Å². The number of hydrogen-bond donors (Lipinski definition) is 1. The average molecular weight is 516 g/mol. The minimum absolute atomic E-state index is 0.00193. The minimum atomic E-state index is -0.00193. The summed E-state index contributed by atoms with van der Waals surface area (Å²) >= 11 is 0. The second-order valence-corrected chi connectivity index (χ2v) is 10.7.